The molecule has 1 saturated carbocycles. The van der Waals surface area contributed by atoms with Crippen LogP contribution in [0.25, 0.3) is 0 Å². The molecule has 2 fully saturated rings. The summed E-state index contributed by atoms with van der Waals surface area (Å²) >= 11 is 0. The van der Waals surface area contributed by atoms with E-state index >= 15 is 0 Å². The number of alkyl carbamates (subject to hydrolysis) is 1. The summed E-state index contributed by atoms with van der Waals surface area (Å²) in [5.41, 5.74) is 2.44. The first-order valence-electron chi connectivity index (χ1n) is 15.9. The Hall–Kier alpha value is -2.67. The van der Waals surface area contributed by atoms with Crippen molar-refractivity contribution in [1.29, 1.82) is 0 Å². The maximum atomic E-state index is 13.2. The first kappa shape index (κ1) is 37.8. The molecule has 46 heavy (non-hydrogen) atoms. The molecule has 0 bridgehead atoms. The number of nitrogens with one attached hydrogen (secondary N) is 1. The van der Waals surface area contributed by atoms with Gasteiger partial charge in [0.15, 0.2) is 20.9 Å². The molecule has 1 aromatic rings. The highest BCUT2D eigenvalue weighted by molar-refractivity contribution is 6.83. The molecule has 256 valence electrons. The molecule has 3 rings (SSSR count). The van der Waals surface area contributed by atoms with Crippen molar-refractivity contribution in [3.63, 3.8) is 0 Å². The highest BCUT2D eigenvalue weighted by Crippen LogP contribution is 2.52. The summed E-state index contributed by atoms with van der Waals surface area (Å²) in [5, 5.41) is 2.75. The van der Waals surface area contributed by atoms with Crippen LogP contribution >= 0.6 is 0 Å². The number of methoxy groups -OCH3 is 1. The van der Waals surface area contributed by atoms with Gasteiger partial charge in [0.25, 0.3) is 0 Å². The van der Waals surface area contributed by atoms with Crippen molar-refractivity contribution in [3.05, 3.63) is 36.9 Å². The molecular weight excluding hydrogens is 623 g/mol. The summed E-state index contributed by atoms with van der Waals surface area (Å²) in [4.78, 5) is 26.1. The van der Waals surface area contributed by atoms with Gasteiger partial charge in [-0.1, -0.05) is 59.0 Å². The Kier molecular flexibility index (Phi) is 12.7. The summed E-state index contributed by atoms with van der Waals surface area (Å²) in [6.45, 7) is 21.9. The van der Waals surface area contributed by atoms with Crippen LogP contribution in [0.15, 0.2) is 36.9 Å². The Morgan fingerprint density at radius 1 is 1.11 bits per heavy atom. The largest absolute Gasteiger partial charge is 0.497 e. The maximum Gasteiger partial charge on any atom is 0.407 e. The number of carbonyl (C=O) groups excluding carboxylic acids is 2. The van der Waals surface area contributed by atoms with Crippen molar-refractivity contribution >= 4 is 28.8 Å². The summed E-state index contributed by atoms with van der Waals surface area (Å²) in [5.74, 6) is 2.35. The SMILES string of the molecule is C=CCOC(=O)N[C@H]1[C@H](C=O)[C@H](CCOCOc2ccc(OC)cc2)[C@](C#C[Si](C)(C)C)(O[Si](C)(C)C(C)(C)C)CC12OCCO2. The third kappa shape index (κ3) is 9.45. The maximum absolute atomic E-state index is 13.2. The molecule has 2 aliphatic rings. The lowest BCUT2D eigenvalue weighted by molar-refractivity contribution is -0.245. The zero-order valence-corrected chi connectivity index (χ0v) is 31.0. The predicted octanol–water partition coefficient (Wildman–Crippen LogP) is 5.94. The number of hydrogen-bond donors (Lipinski definition) is 1. The van der Waals surface area contributed by atoms with Gasteiger partial charge in [0.05, 0.1) is 33.0 Å². The Bertz CT molecular complexity index is 1240. The number of amides is 1. The van der Waals surface area contributed by atoms with Gasteiger partial charge in [0, 0.05) is 18.3 Å². The monoisotopic (exact) mass is 675 g/mol. The fourth-order valence-corrected chi connectivity index (χ4v) is 7.61. The van der Waals surface area contributed by atoms with Crippen LogP contribution in [0.5, 0.6) is 11.5 Å². The topological polar surface area (TPSA) is 111 Å². The van der Waals surface area contributed by atoms with Gasteiger partial charge in [-0.05, 0) is 48.8 Å². The van der Waals surface area contributed by atoms with Crippen molar-refractivity contribution in [2.24, 2.45) is 11.8 Å². The van der Waals surface area contributed by atoms with Gasteiger partial charge >= 0.3 is 6.09 Å². The second-order valence-corrected chi connectivity index (χ2v) is 23.9. The zero-order valence-electron chi connectivity index (χ0n) is 29.0. The first-order chi connectivity index (χ1) is 21.5. The molecular formula is C34H53NO9Si2. The van der Waals surface area contributed by atoms with Gasteiger partial charge in [-0.3, -0.25) is 0 Å². The second kappa shape index (κ2) is 15.5. The van der Waals surface area contributed by atoms with Crippen LogP contribution in [0.3, 0.4) is 0 Å². The second-order valence-electron chi connectivity index (χ2n) is 14.4. The molecule has 0 aromatic heterocycles. The van der Waals surface area contributed by atoms with E-state index < -0.39 is 51.8 Å². The standard InChI is InChI=1S/C34H53NO9Si2/c1-11-18-40-31(37)35-30-28(23-36)29(16-19-39-25-41-27-14-12-26(38-5)13-15-27)33(17-22-45(6,7)8,24-34(30)42-20-21-43-34)44-46(9,10)32(2,3)4/h11-15,23,28-30H,1,16,18-21,24-25H2,2-10H3,(H,35,37)/t28-,29+,30+,33-/m1/s1. The third-order valence-corrected chi connectivity index (χ3v) is 14.2. The van der Waals surface area contributed by atoms with Gasteiger partial charge in [-0.2, -0.15) is 0 Å². The predicted molar refractivity (Wildman–Crippen MR) is 182 cm³/mol. The van der Waals surface area contributed by atoms with Crippen LogP contribution in [0, 0.1) is 23.3 Å². The van der Waals surface area contributed by atoms with E-state index in [1.165, 1.54) is 6.08 Å². The summed E-state index contributed by atoms with van der Waals surface area (Å²) in [7, 11) is -2.82. The average Bonchev–Trinajstić information content (AvgIpc) is 3.44. The number of ether oxygens (including phenoxy) is 6. The minimum absolute atomic E-state index is 0.00714. The molecule has 1 aliphatic heterocycles. The Morgan fingerprint density at radius 2 is 1.74 bits per heavy atom. The van der Waals surface area contributed by atoms with Gasteiger partial charge in [-0.15, -0.1) is 5.54 Å². The lowest BCUT2D eigenvalue weighted by Crippen LogP contribution is -2.70. The lowest BCUT2D eigenvalue weighted by atomic mass is 9.63. The van der Waals surface area contributed by atoms with Crippen molar-refractivity contribution in [3.8, 4) is 23.0 Å². The molecule has 1 amide bonds. The van der Waals surface area contributed by atoms with E-state index in [-0.39, 0.29) is 31.5 Å². The molecule has 1 aromatic carbocycles. The van der Waals surface area contributed by atoms with E-state index in [0.717, 1.165) is 12.0 Å². The first-order valence-corrected chi connectivity index (χ1v) is 22.3. The fourth-order valence-electron chi connectivity index (χ4n) is 5.53. The number of carbonyl (C=O) groups is 2. The summed E-state index contributed by atoms with van der Waals surface area (Å²) in [6.07, 6.45) is 2.26. The summed E-state index contributed by atoms with van der Waals surface area (Å²) < 4.78 is 42.2. The molecule has 10 nitrogen and oxygen atoms in total. The highest BCUT2D eigenvalue weighted by atomic mass is 28.4. The average molecular weight is 676 g/mol. The van der Waals surface area contributed by atoms with E-state index in [9.17, 15) is 9.59 Å². The van der Waals surface area contributed by atoms with Crippen molar-refractivity contribution in [2.45, 2.75) is 88.8 Å². The minimum atomic E-state index is -2.50. The Balaban J connectivity index is 2.04. The van der Waals surface area contributed by atoms with Gasteiger partial charge in [0.1, 0.15) is 38.1 Å². The number of benzene rings is 1. The molecule has 1 spiro atoms. The molecule has 0 unspecified atom stereocenters. The van der Waals surface area contributed by atoms with E-state index in [0.29, 0.717) is 25.4 Å². The number of hydrogen-bond acceptors (Lipinski definition) is 9. The normalized spacial score (nSPS) is 24.4. The van der Waals surface area contributed by atoms with Crippen molar-refractivity contribution < 1.29 is 42.4 Å². The van der Waals surface area contributed by atoms with Crippen molar-refractivity contribution in [2.75, 3.05) is 40.3 Å². The lowest BCUT2D eigenvalue weighted by Gasteiger charge is -2.56. The van der Waals surface area contributed by atoms with Crippen LogP contribution in [-0.4, -0.2) is 86.5 Å². The fraction of sp³-hybridized carbons (Fsp3) is 0.647. The van der Waals surface area contributed by atoms with Crippen LogP contribution in [0.2, 0.25) is 37.8 Å². The zero-order chi connectivity index (χ0) is 34.2. The Labute approximate surface area is 277 Å². The molecule has 1 saturated heterocycles. The minimum Gasteiger partial charge on any atom is -0.497 e. The Morgan fingerprint density at radius 3 is 2.28 bits per heavy atom. The van der Waals surface area contributed by atoms with Gasteiger partial charge in [0.2, 0.25) is 0 Å². The van der Waals surface area contributed by atoms with E-state index in [1.807, 2.05) is 12.1 Å². The van der Waals surface area contributed by atoms with Crippen LogP contribution in [0.4, 0.5) is 4.79 Å². The number of aldehydes is 1. The molecule has 1 aliphatic carbocycles. The van der Waals surface area contributed by atoms with E-state index in [2.05, 4.69) is 76.9 Å². The van der Waals surface area contributed by atoms with E-state index in [4.69, 9.17) is 32.8 Å². The summed E-state index contributed by atoms with van der Waals surface area (Å²) in [6, 6.07) is 6.38. The van der Waals surface area contributed by atoms with Crippen LogP contribution in [-0.2, 0) is 28.2 Å². The molecule has 0 radical (unpaired) electrons. The van der Waals surface area contributed by atoms with Crippen LogP contribution < -0.4 is 14.8 Å². The van der Waals surface area contributed by atoms with Crippen molar-refractivity contribution in [1.82, 2.24) is 5.32 Å². The molecule has 1 heterocycles. The molecule has 4 atom stereocenters. The number of rotatable bonds is 13. The highest BCUT2D eigenvalue weighted by Gasteiger charge is 2.65. The van der Waals surface area contributed by atoms with E-state index in [1.54, 1.807) is 19.2 Å². The van der Waals surface area contributed by atoms with Gasteiger partial charge < -0.3 is 43.0 Å². The third-order valence-electron chi connectivity index (χ3n) is 8.80. The van der Waals surface area contributed by atoms with Gasteiger partial charge in [-0.25, -0.2) is 4.79 Å². The molecule has 12 heteroatoms. The quantitative estimate of drug-likeness (QED) is 0.0679. The smallest absolute Gasteiger partial charge is 0.407 e. The van der Waals surface area contributed by atoms with Crippen LogP contribution in [0.1, 0.15) is 33.6 Å². The molecule has 1 N–H and O–H groups in total.